The molecular weight excluding hydrogens is 464 g/mol. The summed E-state index contributed by atoms with van der Waals surface area (Å²) >= 11 is 1.23. The number of Topliss-reactive ketones (excluding diaryl/α,β-unsaturated/α-hetero) is 1. The zero-order valence-electron chi connectivity index (χ0n) is 19.2. The van der Waals surface area contributed by atoms with E-state index >= 15 is 0 Å². The molecule has 0 N–H and O–H groups in total. The van der Waals surface area contributed by atoms with Crippen LogP contribution < -0.4 is 19.1 Å². The van der Waals surface area contributed by atoms with Crippen molar-refractivity contribution in [2.75, 3.05) is 24.6 Å². The van der Waals surface area contributed by atoms with Gasteiger partial charge in [0.2, 0.25) is 6.79 Å². The van der Waals surface area contributed by atoms with Gasteiger partial charge in [0.15, 0.2) is 22.4 Å². The van der Waals surface area contributed by atoms with Gasteiger partial charge in [0.1, 0.15) is 11.4 Å². The van der Waals surface area contributed by atoms with Crippen molar-refractivity contribution < 1.29 is 23.8 Å². The van der Waals surface area contributed by atoms with Crippen LogP contribution in [-0.4, -0.2) is 36.5 Å². The SMILES string of the molecule is COc1ccc(C(=O)CSC2=N/C(=C\c3ccc4c(c3)OCO4)C(=O)N2c2ccc(C)cc2)cc1. The van der Waals surface area contributed by atoms with Crippen LogP contribution in [0.25, 0.3) is 6.08 Å². The van der Waals surface area contributed by atoms with Gasteiger partial charge in [-0.2, -0.15) is 0 Å². The number of fused-ring (bicyclic) bond motifs is 1. The molecule has 3 aromatic carbocycles. The highest BCUT2D eigenvalue weighted by molar-refractivity contribution is 8.14. The van der Waals surface area contributed by atoms with Crippen LogP contribution in [-0.2, 0) is 4.79 Å². The second kappa shape index (κ2) is 9.68. The first kappa shape index (κ1) is 22.7. The fraction of sp³-hybridized carbons (Fsp3) is 0.148. The van der Waals surface area contributed by atoms with Gasteiger partial charge in [-0.05, 0) is 67.1 Å². The number of hydrogen-bond donors (Lipinski definition) is 0. The Morgan fingerprint density at radius 3 is 2.54 bits per heavy atom. The molecule has 1 amide bonds. The minimum atomic E-state index is -0.258. The number of hydrogen-bond acceptors (Lipinski definition) is 7. The van der Waals surface area contributed by atoms with Crippen LogP contribution in [0.4, 0.5) is 5.69 Å². The van der Waals surface area contributed by atoms with E-state index in [1.165, 1.54) is 11.8 Å². The Labute approximate surface area is 207 Å². The largest absolute Gasteiger partial charge is 0.497 e. The Balaban J connectivity index is 1.42. The molecule has 2 aliphatic rings. The monoisotopic (exact) mass is 486 g/mol. The highest BCUT2D eigenvalue weighted by Gasteiger charge is 2.32. The van der Waals surface area contributed by atoms with Gasteiger partial charge in [-0.15, -0.1) is 0 Å². The molecule has 0 atom stereocenters. The molecule has 0 radical (unpaired) electrons. The van der Waals surface area contributed by atoms with E-state index in [1.807, 2.05) is 43.3 Å². The fourth-order valence-electron chi connectivity index (χ4n) is 3.67. The third-order valence-electron chi connectivity index (χ3n) is 5.57. The molecule has 7 nitrogen and oxygen atoms in total. The van der Waals surface area contributed by atoms with Crippen LogP contribution >= 0.6 is 11.8 Å². The quantitative estimate of drug-likeness (QED) is 0.357. The Hall–Kier alpha value is -4.04. The Kier molecular flexibility index (Phi) is 6.29. The van der Waals surface area contributed by atoms with Crippen LogP contribution in [0.15, 0.2) is 77.4 Å². The van der Waals surface area contributed by atoms with Gasteiger partial charge >= 0.3 is 0 Å². The number of carbonyl (C=O) groups excluding carboxylic acids is 2. The molecule has 0 unspecified atom stereocenters. The lowest BCUT2D eigenvalue weighted by molar-refractivity contribution is -0.113. The molecule has 0 fully saturated rings. The van der Waals surface area contributed by atoms with E-state index in [9.17, 15) is 9.59 Å². The average Bonchev–Trinajstić information content (AvgIpc) is 3.47. The molecule has 8 heteroatoms. The molecule has 0 bridgehead atoms. The molecule has 0 saturated heterocycles. The number of aliphatic imine (C=N–C) groups is 1. The van der Waals surface area contributed by atoms with E-state index in [0.717, 1.165) is 11.1 Å². The summed E-state index contributed by atoms with van der Waals surface area (Å²) in [6, 6.07) is 20.0. The molecule has 0 saturated carbocycles. The number of thioether (sulfide) groups is 1. The number of nitrogens with zero attached hydrogens (tertiary/aromatic N) is 2. The normalized spacial score (nSPS) is 15.5. The van der Waals surface area contributed by atoms with Crippen molar-refractivity contribution in [3.63, 3.8) is 0 Å². The number of anilines is 1. The van der Waals surface area contributed by atoms with Crippen molar-refractivity contribution >= 4 is 40.4 Å². The maximum atomic E-state index is 13.4. The van der Waals surface area contributed by atoms with Crippen molar-refractivity contribution in [1.82, 2.24) is 0 Å². The third kappa shape index (κ3) is 4.79. The van der Waals surface area contributed by atoms with E-state index in [-0.39, 0.29) is 29.9 Å². The summed E-state index contributed by atoms with van der Waals surface area (Å²) in [6.07, 6.45) is 1.71. The summed E-state index contributed by atoms with van der Waals surface area (Å²) < 4.78 is 16.0. The number of aryl methyl sites for hydroxylation is 1. The maximum Gasteiger partial charge on any atom is 0.283 e. The summed E-state index contributed by atoms with van der Waals surface area (Å²) in [5.41, 5.74) is 3.39. The van der Waals surface area contributed by atoms with Crippen molar-refractivity contribution in [3.05, 3.63) is 89.1 Å². The second-order valence-corrected chi connectivity index (χ2v) is 8.90. The molecule has 5 rings (SSSR count). The Bertz CT molecular complexity index is 1350. The molecule has 176 valence electrons. The molecule has 0 spiro atoms. The lowest BCUT2D eigenvalue weighted by Crippen LogP contribution is -2.30. The van der Waals surface area contributed by atoms with Crippen LogP contribution in [0, 0.1) is 6.92 Å². The minimum Gasteiger partial charge on any atom is -0.497 e. The van der Waals surface area contributed by atoms with Crippen LogP contribution in [0.5, 0.6) is 17.2 Å². The number of carbonyl (C=O) groups is 2. The molecule has 0 aromatic heterocycles. The van der Waals surface area contributed by atoms with Gasteiger partial charge in [0.05, 0.1) is 18.6 Å². The topological polar surface area (TPSA) is 77.4 Å². The van der Waals surface area contributed by atoms with Crippen LogP contribution in [0.1, 0.15) is 21.5 Å². The molecule has 2 heterocycles. The van der Waals surface area contributed by atoms with Gasteiger partial charge in [-0.3, -0.25) is 14.5 Å². The van der Waals surface area contributed by atoms with Crippen molar-refractivity contribution in [1.29, 1.82) is 0 Å². The van der Waals surface area contributed by atoms with Crippen molar-refractivity contribution in [3.8, 4) is 17.2 Å². The third-order valence-corrected chi connectivity index (χ3v) is 6.50. The highest BCUT2D eigenvalue weighted by atomic mass is 32.2. The predicted molar refractivity (Wildman–Crippen MR) is 136 cm³/mol. The van der Waals surface area contributed by atoms with Crippen molar-refractivity contribution in [2.24, 2.45) is 4.99 Å². The summed E-state index contributed by atoms with van der Waals surface area (Å²) in [7, 11) is 1.58. The van der Waals surface area contributed by atoms with Gasteiger partial charge in [-0.25, -0.2) is 4.99 Å². The summed E-state index contributed by atoms with van der Waals surface area (Å²) in [6.45, 7) is 2.16. The zero-order valence-corrected chi connectivity index (χ0v) is 20.0. The Morgan fingerprint density at radius 1 is 1.06 bits per heavy atom. The first-order valence-corrected chi connectivity index (χ1v) is 11.9. The highest BCUT2D eigenvalue weighted by Crippen LogP contribution is 2.35. The minimum absolute atomic E-state index is 0.0649. The lowest BCUT2D eigenvalue weighted by Gasteiger charge is -2.18. The van der Waals surface area contributed by atoms with E-state index in [1.54, 1.807) is 48.4 Å². The molecule has 3 aromatic rings. The number of rotatable bonds is 6. The van der Waals surface area contributed by atoms with Gasteiger partial charge in [0.25, 0.3) is 5.91 Å². The number of amides is 1. The van der Waals surface area contributed by atoms with Crippen LogP contribution in [0.3, 0.4) is 0 Å². The second-order valence-electron chi connectivity index (χ2n) is 7.95. The van der Waals surface area contributed by atoms with Gasteiger partial charge < -0.3 is 14.2 Å². The van der Waals surface area contributed by atoms with E-state index in [4.69, 9.17) is 14.2 Å². The van der Waals surface area contributed by atoms with Crippen LogP contribution in [0.2, 0.25) is 0 Å². The fourth-order valence-corrected chi connectivity index (χ4v) is 4.57. The standard InChI is InChI=1S/C27H22N2O5S/c1-17-3-8-20(9-4-17)29-26(31)22(13-18-5-12-24-25(14-18)34-16-33-24)28-27(29)35-15-23(30)19-6-10-21(32-2)11-7-19/h3-14H,15-16H2,1-2H3/b22-13-. The summed E-state index contributed by atoms with van der Waals surface area (Å²) in [5, 5.41) is 0.452. The van der Waals surface area contributed by atoms with E-state index < -0.39 is 0 Å². The zero-order chi connectivity index (χ0) is 24.4. The van der Waals surface area contributed by atoms with Gasteiger partial charge in [0, 0.05) is 5.56 Å². The molecule has 2 aliphatic heterocycles. The summed E-state index contributed by atoms with van der Waals surface area (Å²) in [4.78, 5) is 32.3. The lowest BCUT2D eigenvalue weighted by atomic mass is 10.1. The number of ether oxygens (including phenoxy) is 3. The molecule has 0 aliphatic carbocycles. The number of amidine groups is 1. The molecule has 35 heavy (non-hydrogen) atoms. The van der Waals surface area contributed by atoms with Crippen molar-refractivity contribution in [2.45, 2.75) is 6.92 Å². The predicted octanol–water partition coefficient (Wildman–Crippen LogP) is 5.09. The first-order chi connectivity index (χ1) is 17.0. The maximum absolute atomic E-state index is 13.4. The van der Waals surface area contributed by atoms with E-state index in [0.29, 0.717) is 33.7 Å². The van der Waals surface area contributed by atoms with E-state index in [2.05, 4.69) is 4.99 Å². The number of ketones is 1. The number of benzene rings is 3. The first-order valence-electron chi connectivity index (χ1n) is 10.9. The van der Waals surface area contributed by atoms with Gasteiger partial charge in [-0.1, -0.05) is 35.5 Å². The summed E-state index contributed by atoms with van der Waals surface area (Å²) in [5.74, 6) is 1.80. The average molecular weight is 487 g/mol. The number of methoxy groups -OCH3 is 1. The molecular formula is C27H22N2O5S. The Morgan fingerprint density at radius 2 is 1.80 bits per heavy atom. The smallest absolute Gasteiger partial charge is 0.283 e.